The van der Waals surface area contributed by atoms with Crippen LogP contribution >= 0.6 is 11.6 Å². The summed E-state index contributed by atoms with van der Waals surface area (Å²) in [6.07, 6.45) is -1.46. The first-order chi connectivity index (χ1) is 5.84. The van der Waals surface area contributed by atoms with Crippen molar-refractivity contribution < 1.29 is 8.78 Å². The summed E-state index contributed by atoms with van der Waals surface area (Å²) in [5.41, 5.74) is -0.582. The Labute approximate surface area is 80.5 Å². The molecule has 0 radical (unpaired) electrons. The summed E-state index contributed by atoms with van der Waals surface area (Å²) in [4.78, 5) is 0. The van der Waals surface area contributed by atoms with Gasteiger partial charge in [-0.15, -0.1) is 0 Å². The van der Waals surface area contributed by atoms with Gasteiger partial charge in [0.2, 0.25) is 0 Å². The predicted octanol–water partition coefficient (Wildman–Crippen LogP) is 3.23. The molecule has 1 heterocycles. The number of hydrogen-bond acceptors (Lipinski definition) is 1. The molecular weight excluding hydrogens is 198 g/mol. The molecule has 0 saturated heterocycles. The van der Waals surface area contributed by atoms with Crippen LogP contribution in [0.3, 0.4) is 0 Å². The lowest BCUT2D eigenvalue weighted by molar-refractivity contribution is 0.151. The van der Waals surface area contributed by atoms with Crippen molar-refractivity contribution in [2.45, 2.75) is 32.7 Å². The summed E-state index contributed by atoms with van der Waals surface area (Å²) >= 11 is 5.72. The van der Waals surface area contributed by atoms with Crippen molar-refractivity contribution in [2.75, 3.05) is 0 Å². The van der Waals surface area contributed by atoms with Crippen molar-refractivity contribution in [1.29, 1.82) is 0 Å². The topological polar surface area (TPSA) is 17.8 Å². The van der Waals surface area contributed by atoms with Gasteiger partial charge in [0.1, 0.15) is 5.15 Å². The zero-order valence-electron chi connectivity index (χ0n) is 7.68. The van der Waals surface area contributed by atoms with Gasteiger partial charge in [0.15, 0.2) is 0 Å². The van der Waals surface area contributed by atoms with Gasteiger partial charge in [-0.2, -0.15) is 5.10 Å². The Balaban J connectivity index is 3.14. The number of rotatable bonds is 1. The van der Waals surface area contributed by atoms with Crippen molar-refractivity contribution in [3.8, 4) is 0 Å². The maximum absolute atomic E-state index is 12.3. The van der Waals surface area contributed by atoms with Crippen LogP contribution in [0.4, 0.5) is 8.78 Å². The first-order valence-corrected chi connectivity index (χ1v) is 4.24. The fourth-order valence-corrected chi connectivity index (χ4v) is 1.39. The summed E-state index contributed by atoms with van der Waals surface area (Å²) in [6, 6.07) is 0. The molecule has 13 heavy (non-hydrogen) atoms. The molecular formula is C8H11ClF2N2. The second kappa shape index (κ2) is 3.25. The van der Waals surface area contributed by atoms with Gasteiger partial charge in [-0.3, -0.25) is 0 Å². The van der Waals surface area contributed by atoms with Gasteiger partial charge < -0.3 is 0 Å². The van der Waals surface area contributed by atoms with Gasteiger partial charge >= 0.3 is 0 Å². The van der Waals surface area contributed by atoms with Crippen LogP contribution in [-0.2, 0) is 5.54 Å². The van der Waals surface area contributed by atoms with E-state index in [1.165, 1.54) is 4.68 Å². The Hall–Kier alpha value is -0.640. The Morgan fingerprint density at radius 3 is 2.23 bits per heavy atom. The molecule has 0 fully saturated rings. The summed E-state index contributed by atoms with van der Waals surface area (Å²) in [6.45, 7) is 5.55. The second-order valence-electron chi connectivity index (χ2n) is 3.77. The van der Waals surface area contributed by atoms with Crippen molar-refractivity contribution >= 4 is 11.6 Å². The lowest BCUT2D eigenvalue weighted by Crippen LogP contribution is -2.23. The van der Waals surface area contributed by atoms with E-state index in [1.54, 1.807) is 0 Å². The highest BCUT2D eigenvalue weighted by molar-refractivity contribution is 6.30. The molecule has 5 heteroatoms. The average molecular weight is 209 g/mol. The number of nitrogens with zero attached hydrogens (tertiary/aromatic N) is 2. The van der Waals surface area contributed by atoms with Crippen LogP contribution in [0.1, 0.15) is 32.8 Å². The molecule has 0 aliphatic rings. The summed E-state index contributed by atoms with van der Waals surface area (Å²) in [5, 5.41) is 3.83. The molecule has 0 N–H and O–H groups in total. The van der Waals surface area contributed by atoms with Crippen LogP contribution < -0.4 is 0 Å². The highest BCUT2D eigenvalue weighted by atomic mass is 35.5. The zero-order chi connectivity index (χ0) is 10.2. The third-order valence-corrected chi connectivity index (χ3v) is 1.99. The smallest absolute Gasteiger partial charge is 0.248 e. The van der Waals surface area contributed by atoms with Gasteiger partial charge in [-0.25, -0.2) is 13.5 Å². The first-order valence-electron chi connectivity index (χ1n) is 3.86. The van der Waals surface area contributed by atoms with Crippen LogP contribution in [0.5, 0.6) is 0 Å². The second-order valence-corrected chi connectivity index (χ2v) is 4.13. The number of alkyl halides is 2. The quantitative estimate of drug-likeness (QED) is 0.693. The Kier molecular flexibility index (Phi) is 2.61. The Bertz CT molecular complexity index is 302. The molecule has 0 aliphatic carbocycles. The first kappa shape index (κ1) is 10.4. The molecule has 74 valence electrons. The highest BCUT2D eigenvalue weighted by Gasteiger charge is 2.23. The Morgan fingerprint density at radius 2 is 2.00 bits per heavy atom. The SMILES string of the molecule is CC(C)(C)n1ncc(C(F)F)c1Cl. The van der Waals surface area contributed by atoms with Gasteiger partial charge in [0.05, 0.1) is 17.3 Å². The molecule has 0 saturated carbocycles. The molecule has 0 atom stereocenters. The molecule has 0 bridgehead atoms. The van der Waals surface area contributed by atoms with E-state index < -0.39 is 6.43 Å². The minimum atomic E-state index is -2.57. The molecule has 0 unspecified atom stereocenters. The third-order valence-electron chi connectivity index (χ3n) is 1.61. The van der Waals surface area contributed by atoms with E-state index in [9.17, 15) is 8.78 Å². The van der Waals surface area contributed by atoms with E-state index in [0.717, 1.165) is 6.20 Å². The van der Waals surface area contributed by atoms with Crippen molar-refractivity contribution in [2.24, 2.45) is 0 Å². The number of aromatic nitrogens is 2. The lowest BCUT2D eigenvalue weighted by atomic mass is 10.1. The fourth-order valence-electron chi connectivity index (χ4n) is 0.960. The highest BCUT2D eigenvalue weighted by Crippen LogP contribution is 2.29. The summed E-state index contributed by atoms with van der Waals surface area (Å²) < 4.78 is 26.0. The average Bonchev–Trinajstić information content (AvgIpc) is 2.28. The predicted molar refractivity (Wildman–Crippen MR) is 47.2 cm³/mol. The van der Waals surface area contributed by atoms with Crippen LogP contribution in [0.15, 0.2) is 6.20 Å². The molecule has 2 nitrogen and oxygen atoms in total. The van der Waals surface area contributed by atoms with Gasteiger partial charge in [0, 0.05) is 0 Å². The lowest BCUT2D eigenvalue weighted by Gasteiger charge is -2.20. The fraction of sp³-hybridized carbons (Fsp3) is 0.625. The van der Waals surface area contributed by atoms with Crippen molar-refractivity contribution in [1.82, 2.24) is 9.78 Å². The van der Waals surface area contributed by atoms with E-state index in [-0.39, 0.29) is 16.3 Å². The third kappa shape index (κ3) is 1.99. The van der Waals surface area contributed by atoms with E-state index in [2.05, 4.69) is 5.10 Å². The normalized spacial score (nSPS) is 12.5. The monoisotopic (exact) mass is 208 g/mol. The van der Waals surface area contributed by atoms with Gasteiger partial charge in [0.25, 0.3) is 6.43 Å². The molecule has 1 aromatic heterocycles. The maximum atomic E-state index is 12.3. The molecule has 0 aliphatic heterocycles. The molecule has 1 aromatic rings. The van der Waals surface area contributed by atoms with Crippen LogP contribution in [0, 0.1) is 0 Å². The summed E-state index contributed by atoms with van der Waals surface area (Å²) in [7, 11) is 0. The standard InChI is InChI=1S/C8H11ClF2N2/c1-8(2,3)13-6(9)5(4-12-13)7(10)11/h4,7H,1-3H3. The maximum Gasteiger partial charge on any atom is 0.268 e. The molecule has 0 amide bonds. The Morgan fingerprint density at radius 1 is 1.46 bits per heavy atom. The van der Waals surface area contributed by atoms with Crippen molar-refractivity contribution in [3.05, 3.63) is 16.9 Å². The minimum absolute atomic E-state index is 0.0162. The van der Waals surface area contributed by atoms with Crippen LogP contribution in [-0.4, -0.2) is 9.78 Å². The van der Waals surface area contributed by atoms with Crippen LogP contribution in [0.2, 0.25) is 5.15 Å². The van der Waals surface area contributed by atoms with Crippen LogP contribution in [0.25, 0.3) is 0 Å². The number of hydrogen-bond donors (Lipinski definition) is 0. The zero-order valence-corrected chi connectivity index (χ0v) is 8.44. The van der Waals surface area contributed by atoms with Gasteiger partial charge in [-0.1, -0.05) is 11.6 Å². The van der Waals surface area contributed by atoms with E-state index >= 15 is 0 Å². The number of halogens is 3. The molecule has 0 aromatic carbocycles. The van der Waals surface area contributed by atoms with E-state index in [1.807, 2.05) is 20.8 Å². The van der Waals surface area contributed by atoms with Crippen molar-refractivity contribution in [3.63, 3.8) is 0 Å². The largest absolute Gasteiger partial charge is 0.268 e. The van der Waals surface area contributed by atoms with E-state index in [0.29, 0.717) is 0 Å². The van der Waals surface area contributed by atoms with E-state index in [4.69, 9.17) is 11.6 Å². The summed E-state index contributed by atoms with van der Waals surface area (Å²) in [5.74, 6) is 0. The van der Waals surface area contributed by atoms with Gasteiger partial charge in [-0.05, 0) is 20.8 Å². The minimum Gasteiger partial charge on any atom is -0.248 e. The molecule has 1 rings (SSSR count). The molecule has 0 spiro atoms.